The van der Waals surface area contributed by atoms with Gasteiger partial charge in [0, 0.05) is 16.3 Å². The summed E-state index contributed by atoms with van der Waals surface area (Å²) in [6, 6.07) is 3.41. The van der Waals surface area contributed by atoms with Crippen molar-refractivity contribution in [3.8, 4) is 11.6 Å². The number of hydrogen-bond acceptors (Lipinski definition) is 6. The van der Waals surface area contributed by atoms with Gasteiger partial charge in [0.2, 0.25) is 17.6 Å². The number of aromatic nitrogens is 2. The molecule has 8 heteroatoms. The fourth-order valence-electron chi connectivity index (χ4n) is 1.66. The van der Waals surface area contributed by atoms with Crippen LogP contribution in [0, 0.1) is 0 Å². The topological polar surface area (TPSA) is 98.2 Å². The number of carbonyl (C=O) groups excluding carboxylic acids is 1. The van der Waals surface area contributed by atoms with Crippen LogP contribution in [0.1, 0.15) is 33.1 Å². The summed E-state index contributed by atoms with van der Waals surface area (Å²) in [5.74, 6) is 0.676. The van der Waals surface area contributed by atoms with Gasteiger partial charge in [-0.05, 0) is 32.4 Å². The van der Waals surface area contributed by atoms with E-state index in [9.17, 15) is 9.00 Å². The summed E-state index contributed by atoms with van der Waals surface area (Å²) in [4.78, 5) is 15.9. The lowest BCUT2D eigenvalue weighted by atomic mass is 10.0. The summed E-state index contributed by atoms with van der Waals surface area (Å²) in [5.41, 5.74) is -0.307. The molecule has 0 radical (unpaired) electrons. The van der Waals surface area contributed by atoms with E-state index in [0.717, 1.165) is 6.42 Å². The standard InChI is InChI=1S/C14H19N3O4S/c1-4-14(2,3)16-11(18)8-22(19)9-12-15-13(17-21-12)10-6-5-7-20-10/h5-7H,4,8-9H2,1-3H3,(H,16,18)/t22-/m1/s1. The number of carbonyl (C=O) groups is 1. The van der Waals surface area contributed by atoms with Gasteiger partial charge in [0.05, 0.1) is 6.26 Å². The molecule has 1 N–H and O–H groups in total. The molecule has 0 unspecified atom stereocenters. The lowest BCUT2D eigenvalue weighted by Crippen LogP contribution is -2.44. The van der Waals surface area contributed by atoms with Gasteiger partial charge >= 0.3 is 0 Å². The van der Waals surface area contributed by atoms with Crippen LogP contribution in [0.5, 0.6) is 0 Å². The van der Waals surface area contributed by atoms with Gasteiger partial charge in [0.15, 0.2) is 5.76 Å². The average molecular weight is 325 g/mol. The lowest BCUT2D eigenvalue weighted by molar-refractivity contribution is -0.120. The molecule has 0 aliphatic heterocycles. The monoisotopic (exact) mass is 325 g/mol. The van der Waals surface area contributed by atoms with E-state index in [2.05, 4.69) is 15.5 Å². The molecule has 0 aliphatic carbocycles. The smallest absolute Gasteiger partial charge is 0.239 e. The summed E-state index contributed by atoms with van der Waals surface area (Å²) in [6.45, 7) is 5.81. The van der Waals surface area contributed by atoms with E-state index in [0.29, 0.717) is 11.6 Å². The van der Waals surface area contributed by atoms with Crippen LogP contribution in [0.15, 0.2) is 27.3 Å². The first-order chi connectivity index (χ1) is 10.4. The minimum atomic E-state index is -1.41. The predicted molar refractivity (Wildman–Crippen MR) is 81.2 cm³/mol. The molecule has 0 spiro atoms. The highest BCUT2D eigenvalue weighted by Crippen LogP contribution is 2.16. The molecule has 2 aromatic heterocycles. The molecule has 1 amide bonds. The Bertz CT molecular complexity index is 649. The van der Waals surface area contributed by atoms with E-state index < -0.39 is 10.8 Å². The second-order valence-corrected chi connectivity index (χ2v) is 6.96. The third-order valence-corrected chi connectivity index (χ3v) is 4.30. The van der Waals surface area contributed by atoms with Gasteiger partial charge in [0.25, 0.3) is 0 Å². The quantitative estimate of drug-likeness (QED) is 0.834. The highest BCUT2D eigenvalue weighted by Gasteiger charge is 2.20. The number of rotatable bonds is 7. The molecule has 1 atom stereocenters. The first-order valence-electron chi connectivity index (χ1n) is 6.92. The molecule has 0 saturated carbocycles. The van der Waals surface area contributed by atoms with Crippen LogP contribution in [0.25, 0.3) is 11.6 Å². The summed E-state index contributed by atoms with van der Waals surface area (Å²) < 4.78 is 22.2. The van der Waals surface area contributed by atoms with Crippen molar-refractivity contribution in [3.05, 3.63) is 24.3 Å². The Balaban J connectivity index is 1.89. The second-order valence-electron chi connectivity index (χ2n) is 5.50. The van der Waals surface area contributed by atoms with E-state index in [1.54, 1.807) is 12.1 Å². The number of amides is 1. The fraction of sp³-hybridized carbons (Fsp3) is 0.500. The predicted octanol–water partition coefficient (Wildman–Crippen LogP) is 1.88. The van der Waals surface area contributed by atoms with Crippen LogP contribution < -0.4 is 5.32 Å². The number of hydrogen-bond donors (Lipinski definition) is 1. The fourth-order valence-corrected chi connectivity index (χ4v) is 2.52. The molecule has 22 heavy (non-hydrogen) atoms. The second kappa shape index (κ2) is 6.87. The van der Waals surface area contributed by atoms with Crippen molar-refractivity contribution < 1.29 is 17.9 Å². The van der Waals surface area contributed by atoms with Crippen LogP contribution in [0.4, 0.5) is 0 Å². The van der Waals surface area contributed by atoms with Gasteiger partial charge in [-0.3, -0.25) is 9.00 Å². The van der Waals surface area contributed by atoms with E-state index >= 15 is 0 Å². The first-order valence-corrected chi connectivity index (χ1v) is 8.41. The maximum atomic E-state index is 12.0. The van der Waals surface area contributed by atoms with Gasteiger partial charge in [0.1, 0.15) is 11.5 Å². The zero-order valence-corrected chi connectivity index (χ0v) is 13.6. The largest absolute Gasteiger partial charge is 0.461 e. The summed E-state index contributed by atoms with van der Waals surface area (Å²) in [6.07, 6.45) is 2.30. The van der Waals surface area contributed by atoms with Gasteiger partial charge < -0.3 is 14.3 Å². The SMILES string of the molecule is CCC(C)(C)NC(=O)C[S@@](=O)Cc1nc(-c2ccco2)no1. The summed E-state index contributed by atoms with van der Waals surface area (Å²) in [5, 5.41) is 6.59. The molecule has 0 aliphatic rings. The van der Waals surface area contributed by atoms with Crippen LogP contribution >= 0.6 is 0 Å². The zero-order chi connectivity index (χ0) is 16.2. The minimum absolute atomic E-state index is 0.0354. The van der Waals surface area contributed by atoms with Crippen molar-refractivity contribution in [2.75, 3.05) is 5.75 Å². The molecular weight excluding hydrogens is 306 g/mol. The number of nitrogens with zero attached hydrogens (tertiary/aromatic N) is 2. The first kappa shape index (κ1) is 16.4. The molecule has 0 bridgehead atoms. The Morgan fingerprint density at radius 3 is 2.86 bits per heavy atom. The maximum absolute atomic E-state index is 12.0. The van der Waals surface area contributed by atoms with Crippen LogP contribution in [0.3, 0.4) is 0 Å². The van der Waals surface area contributed by atoms with Crippen molar-refractivity contribution in [1.82, 2.24) is 15.5 Å². The van der Waals surface area contributed by atoms with E-state index in [-0.39, 0.29) is 28.8 Å². The van der Waals surface area contributed by atoms with Crippen molar-refractivity contribution in [2.45, 2.75) is 38.5 Å². The van der Waals surface area contributed by atoms with E-state index in [4.69, 9.17) is 8.94 Å². The Morgan fingerprint density at radius 2 is 2.23 bits per heavy atom. The molecule has 0 fully saturated rings. The van der Waals surface area contributed by atoms with Crippen molar-refractivity contribution in [2.24, 2.45) is 0 Å². The molecule has 0 aromatic carbocycles. The Morgan fingerprint density at radius 1 is 1.45 bits per heavy atom. The van der Waals surface area contributed by atoms with E-state index in [1.807, 2.05) is 20.8 Å². The van der Waals surface area contributed by atoms with Crippen LogP contribution in [-0.2, 0) is 21.3 Å². The third kappa shape index (κ3) is 4.52. The normalized spacial score (nSPS) is 13.0. The summed E-state index contributed by atoms with van der Waals surface area (Å²) in [7, 11) is -1.41. The van der Waals surface area contributed by atoms with E-state index in [1.165, 1.54) is 6.26 Å². The van der Waals surface area contributed by atoms with Crippen molar-refractivity contribution in [1.29, 1.82) is 0 Å². The van der Waals surface area contributed by atoms with Gasteiger partial charge in [-0.1, -0.05) is 12.1 Å². The zero-order valence-electron chi connectivity index (χ0n) is 12.8. The molecule has 7 nitrogen and oxygen atoms in total. The number of furan rings is 1. The Kier molecular flexibility index (Phi) is 5.12. The van der Waals surface area contributed by atoms with Crippen LogP contribution in [0.2, 0.25) is 0 Å². The highest BCUT2D eigenvalue weighted by atomic mass is 32.2. The Labute approximate surface area is 130 Å². The maximum Gasteiger partial charge on any atom is 0.239 e. The van der Waals surface area contributed by atoms with Crippen molar-refractivity contribution in [3.63, 3.8) is 0 Å². The summed E-state index contributed by atoms with van der Waals surface area (Å²) >= 11 is 0. The highest BCUT2D eigenvalue weighted by molar-refractivity contribution is 7.84. The average Bonchev–Trinajstić information content (AvgIpc) is 3.07. The number of nitrogens with one attached hydrogen (secondary N) is 1. The molecule has 2 aromatic rings. The third-order valence-electron chi connectivity index (χ3n) is 3.15. The molecule has 2 heterocycles. The lowest BCUT2D eigenvalue weighted by Gasteiger charge is -2.24. The molecule has 120 valence electrons. The van der Waals surface area contributed by atoms with Gasteiger partial charge in [-0.2, -0.15) is 4.98 Å². The molecular formula is C14H19N3O4S. The minimum Gasteiger partial charge on any atom is -0.461 e. The molecule has 2 rings (SSSR count). The van der Waals surface area contributed by atoms with Gasteiger partial charge in [-0.15, -0.1) is 0 Å². The van der Waals surface area contributed by atoms with Crippen molar-refractivity contribution >= 4 is 16.7 Å². The molecule has 0 saturated heterocycles. The van der Waals surface area contributed by atoms with Gasteiger partial charge in [-0.25, -0.2) is 0 Å². The Hall–Kier alpha value is -1.96. The van der Waals surface area contributed by atoms with Crippen LogP contribution in [-0.4, -0.2) is 31.5 Å².